The van der Waals surface area contributed by atoms with Gasteiger partial charge in [0.25, 0.3) is 0 Å². The minimum Gasteiger partial charge on any atom is -0.390 e. The average Bonchev–Trinajstić information content (AvgIpc) is 2.95. The van der Waals surface area contributed by atoms with E-state index >= 15 is 0 Å². The molecule has 2 aliphatic carbocycles. The molecule has 4 nitrogen and oxygen atoms in total. The molecule has 146 valence electrons. The van der Waals surface area contributed by atoms with Gasteiger partial charge in [-0.15, -0.1) is 0 Å². The maximum Gasteiger partial charge on any atom is 0.229 e. The van der Waals surface area contributed by atoms with Crippen LogP contribution in [0.1, 0.15) is 65.7 Å². The number of rotatable bonds is 5. The van der Waals surface area contributed by atoms with Crippen LogP contribution in [0.3, 0.4) is 0 Å². The largest absolute Gasteiger partial charge is 0.390 e. The van der Waals surface area contributed by atoms with Gasteiger partial charge in [-0.3, -0.25) is 4.79 Å². The highest BCUT2D eigenvalue weighted by Gasteiger charge is 2.51. The van der Waals surface area contributed by atoms with Gasteiger partial charge in [0.05, 0.1) is 23.7 Å². The van der Waals surface area contributed by atoms with E-state index in [1.54, 1.807) is 7.11 Å². The quantitative estimate of drug-likeness (QED) is 0.809. The zero-order chi connectivity index (χ0) is 19.0. The Labute approximate surface area is 158 Å². The molecule has 2 fully saturated rings. The van der Waals surface area contributed by atoms with Gasteiger partial charge in [0.15, 0.2) is 0 Å². The highest BCUT2D eigenvalue weighted by atomic mass is 16.5. The lowest BCUT2D eigenvalue weighted by Crippen LogP contribution is -2.45. The zero-order valence-electron chi connectivity index (χ0n) is 16.9. The molecule has 1 saturated heterocycles. The van der Waals surface area contributed by atoms with Crippen LogP contribution in [0.4, 0.5) is 0 Å². The van der Waals surface area contributed by atoms with E-state index in [0.717, 1.165) is 51.5 Å². The maximum atomic E-state index is 13.2. The van der Waals surface area contributed by atoms with Crippen molar-refractivity contribution in [3.63, 3.8) is 0 Å². The molecule has 1 unspecified atom stereocenters. The van der Waals surface area contributed by atoms with Gasteiger partial charge in [-0.1, -0.05) is 39.0 Å². The van der Waals surface area contributed by atoms with E-state index in [1.807, 2.05) is 6.92 Å². The smallest absolute Gasteiger partial charge is 0.229 e. The van der Waals surface area contributed by atoms with Gasteiger partial charge < -0.3 is 14.7 Å². The fourth-order valence-electron chi connectivity index (χ4n) is 4.96. The van der Waals surface area contributed by atoms with Crippen molar-refractivity contribution < 1.29 is 14.6 Å². The van der Waals surface area contributed by atoms with Crippen molar-refractivity contribution in [2.75, 3.05) is 20.3 Å². The normalized spacial score (nSPS) is 35.3. The molecular formula is C22H35NO3. The molecule has 4 heteroatoms. The summed E-state index contributed by atoms with van der Waals surface area (Å²) in [6.45, 7) is 7.98. The van der Waals surface area contributed by atoms with Gasteiger partial charge in [0.1, 0.15) is 0 Å². The molecule has 0 radical (unpaired) electrons. The Bertz CT molecular complexity index is 597. The van der Waals surface area contributed by atoms with Crippen molar-refractivity contribution in [3.8, 4) is 0 Å². The number of methoxy groups -OCH3 is 1. The van der Waals surface area contributed by atoms with Crippen molar-refractivity contribution in [1.29, 1.82) is 0 Å². The summed E-state index contributed by atoms with van der Waals surface area (Å²) < 4.78 is 5.35. The van der Waals surface area contributed by atoms with Crippen LogP contribution in [-0.4, -0.2) is 47.8 Å². The first-order valence-corrected chi connectivity index (χ1v) is 10.2. The summed E-state index contributed by atoms with van der Waals surface area (Å²) in [6.07, 6.45) is 12.5. The molecule has 3 rings (SSSR count). The molecule has 1 aliphatic heterocycles. The molecule has 1 saturated carbocycles. The number of likely N-dealkylation sites (tertiary alicyclic amines) is 1. The fourth-order valence-corrected chi connectivity index (χ4v) is 4.96. The first kappa shape index (κ1) is 19.6. The van der Waals surface area contributed by atoms with E-state index in [2.05, 4.69) is 37.0 Å². The summed E-state index contributed by atoms with van der Waals surface area (Å²) in [7, 11) is 1.74. The number of aliphatic hydroxyl groups is 1. The molecule has 26 heavy (non-hydrogen) atoms. The van der Waals surface area contributed by atoms with Crippen LogP contribution < -0.4 is 0 Å². The van der Waals surface area contributed by atoms with Crippen molar-refractivity contribution in [2.24, 2.45) is 10.8 Å². The lowest BCUT2D eigenvalue weighted by molar-refractivity contribution is -0.141. The van der Waals surface area contributed by atoms with Crippen LogP contribution in [-0.2, 0) is 9.53 Å². The molecule has 0 aromatic carbocycles. The van der Waals surface area contributed by atoms with Crippen LogP contribution >= 0.6 is 0 Å². The number of amides is 1. The maximum absolute atomic E-state index is 13.2. The van der Waals surface area contributed by atoms with E-state index in [1.165, 1.54) is 5.57 Å². The van der Waals surface area contributed by atoms with Crippen LogP contribution in [0.15, 0.2) is 23.8 Å². The third kappa shape index (κ3) is 3.50. The summed E-state index contributed by atoms with van der Waals surface area (Å²) in [5.41, 5.74) is 0.533. The Morgan fingerprint density at radius 3 is 2.50 bits per heavy atom. The zero-order valence-corrected chi connectivity index (χ0v) is 16.9. The fraction of sp³-hybridized carbons (Fsp3) is 0.773. The standard InChI is InChI=1S/C22H35NO3/c1-5-22(25)12-10-21(11-13-22)14-15-23(19(21)24)18-8-6-17(7-9-18)20(2,3)16-26-4/h6-8,18,25H,5,9-16H2,1-4H3. The SMILES string of the molecule is CCC1(O)CCC2(CCN(C3C=CC(C(C)(C)COC)=CC3)C2=O)CC1. The van der Waals surface area contributed by atoms with E-state index in [0.29, 0.717) is 12.5 Å². The summed E-state index contributed by atoms with van der Waals surface area (Å²) >= 11 is 0. The Morgan fingerprint density at radius 2 is 1.96 bits per heavy atom. The second kappa shape index (κ2) is 7.12. The summed E-state index contributed by atoms with van der Waals surface area (Å²) in [5, 5.41) is 10.5. The molecule has 1 atom stereocenters. The van der Waals surface area contributed by atoms with E-state index in [-0.39, 0.29) is 16.9 Å². The molecular weight excluding hydrogens is 326 g/mol. The number of hydrogen-bond acceptors (Lipinski definition) is 3. The average molecular weight is 362 g/mol. The second-order valence-corrected chi connectivity index (χ2v) is 9.25. The van der Waals surface area contributed by atoms with E-state index < -0.39 is 5.60 Å². The van der Waals surface area contributed by atoms with Gasteiger partial charge in [-0.25, -0.2) is 0 Å². The molecule has 1 spiro atoms. The molecule has 1 heterocycles. The lowest BCUT2D eigenvalue weighted by Gasteiger charge is -2.41. The number of carbonyl (C=O) groups excluding carboxylic acids is 1. The first-order valence-electron chi connectivity index (χ1n) is 10.2. The van der Waals surface area contributed by atoms with E-state index in [9.17, 15) is 9.90 Å². The van der Waals surface area contributed by atoms with Crippen molar-refractivity contribution in [1.82, 2.24) is 4.90 Å². The minimum atomic E-state index is -0.547. The number of nitrogens with zero attached hydrogens (tertiary/aromatic N) is 1. The Hall–Kier alpha value is -1.13. The third-order valence-corrected chi connectivity index (χ3v) is 7.11. The number of carbonyl (C=O) groups is 1. The molecule has 0 aromatic heterocycles. The molecule has 1 N–H and O–H groups in total. The van der Waals surface area contributed by atoms with Crippen LogP contribution in [0, 0.1) is 10.8 Å². The van der Waals surface area contributed by atoms with Gasteiger partial charge >= 0.3 is 0 Å². The van der Waals surface area contributed by atoms with E-state index in [4.69, 9.17) is 4.74 Å². The van der Waals surface area contributed by atoms with Crippen molar-refractivity contribution in [3.05, 3.63) is 23.8 Å². The topological polar surface area (TPSA) is 49.8 Å². The Kier molecular flexibility index (Phi) is 5.38. The van der Waals surface area contributed by atoms with Crippen molar-refractivity contribution >= 4 is 5.91 Å². The van der Waals surface area contributed by atoms with Gasteiger partial charge in [-0.2, -0.15) is 0 Å². The first-order chi connectivity index (χ1) is 12.3. The summed E-state index contributed by atoms with van der Waals surface area (Å²) in [5.74, 6) is 0.318. The Morgan fingerprint density at radius 1 is 1.27 bits per heavy atom. The minimum absolute atomic E-state index is 0.000437. The molecule has 3 aliphatic rings. The predicted octanol–water partition coefficient (Wildman–Crippen LogP) is 3.85. The van der Waals surface area contributed by atoms with Crippen LogP contribution in [0.2, 0.25) is 0 Å². The summed E-state index contributed by atoms with van der Waals surface area (Å²) in [6, 6.07) is 0.177. The monoisotopic (exact) mass is 361 g/mol. The second-order valence-electron chi connectivity index (χ2n) is 9.25. The van der Waals surface area contributed by atoms with Gasteiger partial charge in [0.2, 0.25) is 5.91 Å². The molecule has 0 bridgehead atoms. The summed E-state index contributed by atoms with van der Waals surface area (Å²) in [4.78, 5) is 15.3. The third-order valence-electron chi connectivity index (χ3n) is 7.11. The van der Waals surface area contributed by atoms with Gasteiger partial charge in [-0.05, 0) is 50.5 Å². The van der Waals surface area contributed by atoms with Crippen LogP contribution in [0.5, 0.6) is 0 Å². The highest BCUT2D eigenvalue weighted by molar-refractivity contribution is 5.85. The number of hydrogen-bond donors (Lipinski definition) is 1. The number of allylic oxidation sites excluding steroid dienone is 1. The molecule has 0 aromatic rings. The number of ether oxygens (including phenoxy) is 1. The van der Waals surface area contributed by atoms with Crippen LogP contribution in [0.25, 0.3) is 0 Å². The lowest BCUT2D eigenvalue weighted by atomic mass is 9.67. The van der Waals surface area contributed by atoms with Gasteiger partial charge in [0, 0.05) is 19.1 Å². The Balaban J connectivity index is 1.64. The molecule has 1 amide bonds. The van der Waals surface area contributed by atoms with Crippen molar-refractivity contribution in [2.45, 2.75) is 77.4 Å². The highest BCUT2D eigenvalue weighted by Crippen LogP contribution is 2.49. The predicted molar refractivity (Wildman–Crippen MR) is 104 cm³/mol.